The molecule has 1 aromatic carbocycles. The first-order chi connectivity index (χ1) is 10.5. The molecule has 1 atom stereocenters. The van der Waals surface area contributed by atoms with E-state index in [9.17, 15) is 14.4 Å². The van der Waals surface area contributed by atoms with E-state index in [1.807, 2.05) is 30.3 Å². The highest BCUT2D eigenvalue weighted by atomic mass is 32.1. The molecule has 1 saturated carbocycles. The zero-order valence-electron chi connectivity index (χ0n) is 11.9. The second-order valence-corrected chi connectivity index (χ2v) is 5.48. The van der Waals surface area contributed by atoms with E-state index in [4.69, 9.17) is 10.5 Å². The lowest BCUT2D eigenvalue weighted by Crippen LogP contribution is -2.33. The normalized spacial score (nSPS) is 19.7. The van der Waals surface area contributed by atoms with Crippen LogP contribution in [0.4, 0.5) is 0 Å². The highest BCUT2D eigenvalue weighted by molar-refractivity contribution is 7.80. The van der Waals surface area contributed by atoms with E-state index >= 15 is 0 Å². The van der Waals surface area contributed by atoms with Crippen molar-refractivity contribution >= 4 is 30.2 Å². The second-order valence-electron chi connectivity index (χ2n) is 5.12. The van der Waals surface area contributed by atoms with Gasteiger partial charge in [-0.05, 0) is 11.5 Å². The van der Waals surface area contributed by atoms with Crippen LogP contribution in [-0.2, 0) is 19.1 Å². The number of nitrogens with two attached hydrogens (primary N) is 1. The molecule has 1 fully saturated rings. The summed E-state index contributed by atoms with van der Waals surface area (Å²) in [6.45, 7) is 0. The Morgan fingerprint density at radius 2 is 1.86 bits per heavy atom. The second kappa shape index (κ2) is 7.38. The fraction of sp³-hybridized carbons (Fsp3) is 0.312. The number of thiol groups is 1. The van der Waals surface area contributed by atoms with Crippen LogP contribution in [0, 0.1) is 0 Å². The fourth-order valence-electron chi connectivity index (χ4n) is 2.27. The van der Waals surface area contributed by atoms with E-state index in [2.05, 4.69) is 12.6 Å². The van der Waals surface area contributed by atoms with E-state index < -0.39 is 12.0 Å². The van der Waals surface area contributed by atoms with Crippen LogP contribution in [-0.4, -0.2) is 29.3 Å². The van der Waals surface area contributed by atoms with Gasteiger partial charge in [-0.3, -0.25) is 9.59 Å². The van der Waals surface area contributed by atoms with Crippen LogP contribution in [0.1, 0.15) is 24.3 Å². The molecule has 1 aromatic rings. The number of esters is 1. The summed E-state index contributed by atoms with van der Waals surface area (Å²) in [6, 6.07) is 8.53. The summed E-state index contributed by atoms with van der Waals surface area (Å²) in [7, 11) is 0. The lowest BCUT2D eigenvalue weighted by atomic mass is 9.80. The molecule has 0 saturated heterocycles. The van der Waals surface area contributed by atoms with Gasteiger partial charge in [0.1, 0.15) is 12.3 Å². The smallest absolute Gasteiger partial charge is 0.328 e. The highest BCUT2D eigenvalue weighted by Gasteiger charge is 2.32. The lowest BCUT2D eigenvalue weighted by molar-refractivity contribution is -0.139. The number of carbonyl (C=O) groups excluding carboxylic acids is 3. The average Bonchev–Trinajstić information content (AvgIpc) is 2.53. The maximum absolute atomic E-state index is 12.1. The molecular weight excluding hydrogens is 302 g/mol. The Labute approximate surface area is 133 Å². The van der Waals surface area contributed by atoms with Gasteiger partial charge < -0.3 is 10.5 Å². The van der Waals surface area contributed by atoms with Crippen molar-refractivity contribution in [2.45, 2.75) is 24.8 Å². The highest BCUT2D eigenvalue weighted by Crippen LogP contribution is 2.31. The van der Waals surface area contributed by atoms with Crippen molar-refractivity contribution in [2.24, 2.45) is 5.73 Å². The molecule has 0 heterocycles. The largest absolute Gasteiger partial charge is 0.432 e. The Balaban J connectivity index is 2.07. The molecule has 0 aromatic heterocycles. The van der Waals surface area contributed by atoms with Crippen molar-refractivity contribution in [3.05, 3.63) is 47.7 Å². The summed E-state index contributed by atoms with van der Waals surface area (Å²) < 4.78 is 4.80. The predicted octanol–water partition coefficient (Wildman–Crippen LogP) is 1.39. The SMILES string of the molecule is NC(CS)C(=O)OC=C1C(=O)CC(c2ccccc2)CC1=O. The number of ether oxygens (including phenoxy) is 1. The van der Waals surface area contributed by atoms with E-state index in [1.54, 1.807) is 0 Å². The fourth-order valence-corrected chi connectivity index (χ4v) is 2.42. The van der Waals surface area contributed by atoms with Crippen molar-refractivity contribution in [3.63, 3.8) is 0 Å². The van der Waals surface area contributed by atoms with Gasteiger partial charge in [-0.1, -0.05) is 30.3 Å². The summed E-state index contributed by atoms with van der Waals surface area (Å²) in [5.41, 5.74) is 6.33. The molecule has 1 aliphatic carbocycles. The van der Waals surface area contributed by atoms with Gasteiger partial charge in [0, 0.05) is 18.6 Å². The third-order valence-corrected chi connectivity index (χ3v) is 3.92. The first-order valence-corrected chi connectivity index (χ1v) is 7.54. The Morgan fingerprint density at radius 1 is 1.27 bits per heavy atom. The number of benzene rings is 1. The van der Waals surface area contributed by atoms with Crippen molar-refractivity contribution in [1.82, 2.24) is 0 Å². The number of Topliss-reactive ketones (excluding diaryl/α,β-unsaturated/α-hetero) is 2. The summed E-state index contributed by atoms with van der Waals surface area (Å²) in [5.74, 6) is -1.36. The summed E-state index contributed by atoms with van der Waals surface area (Å²) in [4.78, 5) is 35.7. The first-order valence-electron chi connectivity index (χ1n) is 6.91. The molecule has 2 rings (SSSR count). The predicted molar refractivity (Wildman–Crippen MR) is 84.4 cm³/mol. The Hall–Kier alpha value is -1.92. The minimum absolute atomic E-state index is 0.0769. The van der Waals surface area contributed by atoms with Gasteiger partial charge in [0.25, 0.3) is 0 Å². The zero-order chi connectivity index (χ0) is 16.1. The zero-order valence-corrected chi connectivity index (χ0v) is 12.8. The van der Waals surface area contributed by atoms with Gasteiger partial charge in [0.2, 0.25) is 0 Å². The first kappa shape index (κ1) is 16.5. The molecule has 0 bridgehead atoms. The topological polar surface area (TPSA) is 86.5 Å². The van der Waals surface area contributed by atoms with Crippen LogP contribution in [0.5, 0.6) is 0 Å². The monoisotopic (exact) mass is 319 g/mol. The van der Waals surface area contributed by atoms with Gasteiger partial charge in [-0.15, -0.1) is 0 Å². The molecule has 22 heavy (non-hydrogen) atoms. The average molecular weight is 319 g/mol. The van der Waals surface area contributed by atoms with Crippen LogP contribution in [0.3, 0.4) is 0 Å². The molecule has 0 amide bonds. The van der Waals surface area contributed by atoms with Gasteiger partial charge in [-0.25, -0.2) is 4.79 Å². The molecule has 1 unspecified atom stereocenters. The number of hydrogen-bond donors (Lipinski definition) is 2. The number of allylic oxidation sites excluding steroid dienone is 1. The molecule has 0 aliphatic heterocycles. The molecule has 6 heteroatoms. The maximum Gasteiger partial charge on any atom is 0.328 e. The third kappa shape index (κ3) is 3.84. The quantitative estimate of drug-likeness (QED) is 0.288. The Morgan fingerprint density at radius 3 is 2.41 bits per heavy atom. The molecule has 116 valence electrons. The van der Waals surface area contributed by atoms with Gasteiger partial charge >= 0.3 is 5.97 Å². The molecule has 5 nitrogen and oxygen atoms in total. The lowest BCUT2D eigenvalue weighted by Gasteiger charge is -2.22. The summed E-state index contributed by atoms with van der Waals surface area (Å²) in [6.07, 6.45) is 1.37. The van der Waals surface area contributed by atoms with Gasteiger partial charge in [-0.2, -0.15) is 12.6 Å². The van der Waals surface area contributed by atoms with E-state index in [0.717, 1.165) is 11.8 Å². The molecule has 0 spiro atoms. The molecule has 0 radical (unpaired) electrons. The molecule has 1 aliphatic rings. The van der Waals surface area contributed by atoms with Crippen molar-refractivity contribution in [2.75, 3.05) is 5.75 Å². The summed E-state index contributed by atoms with van der Waals surface area (Å²) >= 11 is 3.88. The van der Waals surface area contributed by atoms with Crippen LogP contribution in [0.2, 0.25) is 0 Å². The van der Waals surface area contributed by atoms with Crippen molar-refractivity contribution < 1.29 is 19.1 Å². The minimum Gasteiger partial charge on any atom is -0.432 e. The van der Waals surface area contributed by atoms with Crippen LogP contribution in [0.25, 0.3) is 0 Å². The Kier molecular flexibility index (Phi) is 5.51. The van der Waals surface area contributed by atoms with E-state index in [0.29, 0.717) is 0 Å². The van der Waals surface area contributed by atoms with Gasteiger partial charge in [0.15, 0.2) is 11.6 Å². The number of ketones is 2. The third-order valence-electron chi connectivity index (χ3n) is 3.53. The van der Waals surface area contributed by atoms with Crippen molar-refractivity contribution in [1.29, 1.82) is 0 Å². The number of carbonyl (C=O) groups is 3. The van der Waals surface area contributed by atoms with Crippen LogP contribution in [0.15, 0.2) is 42.2 Å². The summed E-state index contributed by atoms with van der Waals surface area (Å²) in [5, 5.41) is 0. The van der Waals surface area contributed by atoms with Crippen molar-refractivity contribution in [3.8, 4) is 0 Å². The van der Waals surface area contributed by atoms with Crippen LogP contribution < -0.4 is 5.73 Å². The number of hydrogen-bond acceptors (Lipinski definition) is 6. The standard InChI is InChI=1S/C16H17NO4S/c17-13(9-22)16(20)21-8-12-14(18)6-11(7-15(12)19)10-4-2-1-3-5-10/h1-5,8,11,13,22H,6-7,9,17H2. The van der Waals surface area contributed by atoms with E-state index in [1.165, 1.54) is 0 Å². The molecular formula is C16H17NO4S. The van der Waals surface area contributed by atoms with Gasteiger partial charge in [0.05, 0.1) is 5.57 Å². The molecule has 2 N–H and O–H groups in total. The van der Waals surface area contributed by atoms with E-state index in [-0.39, 0.29) is 41.7 Å². The van der Waals surface area contributed by atoms with Crippen LogP contribution >= 0.6 is 12.6 Å². The maximum atomic E-state index is 12.1. The minimum atomic E-state index is -0.883. The Bertz CT molecular complexity index is 592. The number of rotatable bonds is 4.